The van der Waals surface area contributed by atoms with Crippen molar-refractivity contribution in [2.75, 3.05) is 11.9 Å². The van der Waals surface area contributed by atoms with Crippen molar-refractivity contribution in [1.82, 2.24) is 0 Å². The molecular formula is C82H109N2O8+. The number of benzene rings is 2. The summed E-state index contributed by atoms with van der Waals surface area (Å²) in [4.78, 5) is 42.6. The van der Waals surface area contributed by atoms with E-state index in [-0.39, 0.29) is 45.7 Å². The molecule has 10 heteroatoms. The maximum absolute atomic E-state index is 13.8. The summed E-state index contributed by atoms with van der Waals surface area (Å²) in [5, 5.41) is 12.2. The van der Waals surface area contributed by atoms with Gasteiger partial charge in [0.2, 0.25) is 17.0 Å². The summed E-state index contributed by atoms with van der Waals surface area (Å²) < 4.78 is 25.8. The molecule has 494 valence electrons. The molecule has 9 aliphatic carbocycles. The van der Waals surface area contributed by atoms with Gasteiger partial charge in [-0.3, -0.25) is 4.79 Å². The Morgan fingerprint density at radius 1 is 0.630 bits per heavy atom. The first-order valence-electron chi connectivity index (χ1n) is 36.5. The van der Waals surface area contributed by atoms with Crippen LogP contribution in [0.4, 0.5) is 15.3 Å². The quantitative estimate of drug-likeness (QED) is 0.0492. The van der Waals surface area contributed by atoms with Crippen LogP contribution in [0.3, 0.4) is 0 Å². The number of carbonyl (C=O) groups is 3. The second-order valence-corrected chi connectivity index (χ2v) is 33.1. The van der Waals surface area contributed by atoms with Crippen LogP contribution in [0, 0.1) is 92.7 Å². The molecule has 1 N–H and O–H groups in total. The maximum atomic E-state index is 13.8. The van der Waals surface area contributed by atoms with Crippen molar-refractivity contribution in [1.29, 1.82) is 0 Å². The molecule has 0 amide bonds. The topological polar surface area (TPSA) is 115 Å². The zero-order valence-electron chi connectivity index (χ0n) is 57.9. The molecule has 10 aliphatic rings. The molecule has 1 aliphatic heterocycles. The predicted molar refractivity (Wildman–Crippen MR) is 368 cm³/mol. The van der Waals surface area contributed by atoms with Crippen LogP contribution in [0.25, 0.3) is 23.1 Å². The summed E-state index contributed by atoms with van der Waals surface area (Å²) in [6.07, 6.45) is 37.4. The zero-order valence-corrected chi connectivity index (χ0v) is 57.9. The molecule has 0 radical (unpaired) electrons. The van der Waals surface area contributed by atoms with Gasteiger partial charge in [0.15, 0.2) is 0 Å². The standard InChI is InChI=1S/C82H108N2O8/c1-49(2)15-13-17-51(5)67-29-31-69-63-27-21-55-45-61(35-39-79(55,7)71(63)37-41-81(67,69)9)91-77(87)89-59-25-33-73-53(43-59)19-23-57(83(73)11)47-65-75(85)66(76(65)86)48-58-24-20-54-44-60(26-34-74(54)84(58)12)90-78(88)92-62-36-40-80(8)56(46-62)22-28-64-70-32-30-68(52(6)18-14-16-50(3)4)82(70,10)42-38-72(64)80/h19-26,33-34,43-44,47-52,61-64,67-72H,13-18,27-32,35-42,45-46H2,1-12H3/p+1/t51-,52-,61?,62?,63+,64+,67-,68-,69+,70+,71+,72+,79+,80+,81-,82-/m1/s1. The molecule has 3 aromatic rings. The van der Waals surface area contributed by atoms with Crippen molar-refractivity contribution in [3.63, 3.8) is 0 Å². The van der Waals surface area contributed by atoms with Gasteiger partial charge in [0.05, 0.1) is 16.5 Å². The minimum absolute atomic E-state index is 0.0639. The van der Waals surface area contributed by atoms with Gasteiger partial charge in [-0.2, -0.15) is 4.57 Å². The molecule has 10 nitrogen and oxygen atoms in total. The third-order valence-corrected chi connectivity index (χ3v) is 27.4. The number of anilines is 1. The van der Waals surface area contributed by atoms with E-state index in [1.165, 1.54) is 101 Å². The van der Waals surface area contributed by atoms with Crippen LogP contribution < -0.4 is 18.9 Å². The number of carbonyl (C=O) groups excluding carboxylic acids is 3. The van der Waals surface area contributed by atoms with E-state index in [1.807, 2.05) is 72.1 Å². The van der Waals surface area contributed by atoms with Gasteiger partial charge in [-0.05, 0) is 231 Å². The van der Waals surface area contributed by atoms with Crippen molar-refractivity contribution in [3.8, 4) is 11.5 Å². The average molecular weight is 1250 g/mol. The highest BCUT2D eigenvalue weighted by Crippen LogP contribution is 2.69. The van der Waals surface area contributed by atoms with Crippen molar-refractivity contribution in [3.05, 3.63) is 118 Å². The van der Waals surface area contributed by atoms with Crippen molar-refractivity contribution < 1.29 is 43.0 Å². The number of aliphatic hydroxyl groups excluding tert-OH is 1. The lowest BCUT2D eigenvalue weighted by Gasteiger charge is -2.58. The van der Waals surface area contributed by atoms with E-state index >= 15 is 0 Å². The fourth-order valence-corrected chi connectivity index (χ4v) is 22.2. The van der Waals surface area contributed by atoms with Gasteiger partial charge < -0.3 is 29.0 Å². The molecule has 16 atom stereocenters. The Kier molecular flexibility index (Phi) is 17.9. The maximum Gasteiger partial charge on any atom is 0.514 e. The fraction of sp³-hybridized carbons (Fsp3) is 0.634. The number of Topliss-reactive ketones (excluding diaryl/α,β-unsaturated/α-hetero) is 1. The smallest absolute Gasteiger partial charge is 0.506 e. The SMILES string of the molecule is CC(C)CCC[C@@H](C)[C@H]1CC[C@H]2[C@@H]3CC=C4CC(OC(=O)Oc5ccc6c(c5)C=CC(=CC5=C(O)C(=Cc7ccc8cc(OC(=O)OC9CC[C@@]%10(C)C(=CC[C@H]%11[C@@H]%12CC[C@H]([C@H](C)CCCC(C)C)[C@@]%12(C)CC[C@@H]%11%10)C9)ccc8[n+]7C)C5=O)N6C)CC[C@]4(C)[C@H]3CC[C@]12C. The number of likely N-dealkylation sites (N-methyl/N-ethyl adjacent to an activating group) is 1. The number of aryl methyl sites for hydroxylation is 1. The number of fused-ring (bicyclic) bond motifs is 12. The molecule has 0 saturated heterocycles. The monoisotopic (exact) mass is 1250 g/mol. The summed E-state index contributed by atoms with van der Waals surface area (Å²) in [7, 11) is 3.83. The Balaban J connectivity index is 0.586. The minimum atomic E-state index is -0.670. The number of aliphatic hydroxyl groups is 1. The summed E-state index contributed by atoms with van der Waals surface area (Å²) in [6, 6.07) is 14.9. The van der Waals surface area contributed by atoms with Gasteiger partial charge in [0, 0.05) is 55.0 Å². The molecule has 0 bridgehead atoms. The molecule has 2 aromatic carbocycles. The molecular weight excluding hydrogens is 1140 g/mol. The summed E-state index contributed by atoms with van der Waals surface area (Å²) in [6.45, 7) is 24.9. The second kappa shape index (κ2) is 25.3. The van der Waals surface area contributed by atoms with Crippen molar-refractivity contribution in [2.24, 2.45) is 99.7 Å². The van der Waals surface area contributed by atoms with Crippen LogP contribution >= 0.6 is 0 Å². The van der Waals surface area contributed by atoms with Crippen LogP contribution in [-0.2, 0) is 21.3 Å². The first-order valence-corrected chi connectivity index (χ1v) is 36.5. The van der Waals surface area contributed by atoms with E-state index in [0.717, 1.165) is 144 Å². The molecule has 2 heterocycles. The molecule has 92 heavy (non-hydrogen) atoms. The molecule has 2 unspecified atom stereocenters. The normalized spacial score (nSPS) is 35.2. The third kappa shape index (κ3) is 11.8. The van der Waals surface area contributed by atoms with Crippen molar-refractivity contribution >= 4 is 46.8 Å². The largest absolute Gasteiger partial charge is 0.514 e. The Morgan fingerprint density at radius 3 is 1.70 bits per heavy atom. The lowest BCUT2D eigenvalue weighted by molar-refractivity contribution is -0.646. The second-order valence-electron chi connectivity index (χ2n) is 33.1. The van der Waals surface area contributed by atoms with Gasteiger partial charge in [-0.1, -0.05) is 137 Å². The number of allylic oxidation sites excluding steroid dienone is 6. The molecule has 0 spiro atoms. The average Bonchev–Trinajstić information content (AvgIpc) is 1.40. The van der Waals surface area contributed by atoms with Gasteiger partial charge >= 0.3 is 12.3 Å². The Hall–Kier alpha value is -5.90. The van der Waals surface area contributed by atoms with Gasteiger partial charge in [0.25, 0.3) is 0 Å². The van der Waals surface area contributed by atoms with Crippen LogP contribution in [0.15, 0.2) is 107 Å². The summed E-state index contributed by atoms with van der Waals surface area (Å²) >= 11 is 0. The van der Waals surface area contributed by atoms with E-state index in [4.69, 9.17) is 18.9 Å². The number of rotatable bonds is 16. The van der Waals surface area contributed by atoms with E-state index < -0.39 is 12.3 Å². The summed E-state index contributed by atoms with van der Waals surface area (Å²) in [5.41, 5.74) is 8.75. The van der Waals surface area contributed by atoms with E-state index in [0.29, 0.717) is 34.2 Å². The highest BCUT2D eigenvalue weighted by atomic mass is 16.7. The Bertz CT molecular complexity index is 3560. The van der Waals surface area contributed by atoms with E-state index in [2.05, 4.69) is 81.4 Å². The van der Waals surface area contributed by atoms with Crippen LogP contribution in [0.1, 0.15) is 222 Å². The number of aromatic nitrogens is 1. The van der Waals surface area contributed by atoms with E-state index in [9.17, 15) is 19.5 Å². The first-order chi connectivity index (χ1) is 43.9. The molecule has 6 saturated carbocycles. The zero-order chi connectivity index (χ0) is 64.8. The van der Waals surface area contributed by atoms with Crippen LogP contribution in [-0.4, -0.2) is 42.5 Å². The number of nitrogens with zero attached hydrogens (tertiary/aromatic N) is 2. The Morgan fingerprint density at radius 2 is 1.16 bits per heavy atom. The lowest BCUT2D eigenvalue weighted by atomic mass is 9.47. The molecule has 13 rings (SSSR count). The number of hydrogen-bond acceptors (Lipinski definition) is 9. The van der Waals surface area contributed by atoms with Crippen LogP contribution in [0.2, 0.25) is 0 Å². The fourth-order valence-electron chi connectivity index (χ4n) is 22.2. The third-order valence-electron chi connectivity index (χ3n) is 27.4. The van der Waals surface area contributed by atoms with Crippen LogP contribution in [0.5, 0.6) is 11.5 Å². The number of pyridine rings is 1. The minimum Gasteiger partial charge on any atom is -0.506 e. The number of ether oxygens (including phenoxy) is 4. The van der Waals surface area contributed by atoms with Gasteiger partial charge in [0.1, 0.15) is 36.5 Å². The first kappa shape index (κ1) is 64.8. The Labute approximate surface area is 550 Å². The molecule has 1 aromatic heterocycles. The summed E-state index contributed by atoms with van der Waals surface area (Å²) in [5.74, 6) is 9.94. The number of hydrogen-bond donors (Lipinski definition) is 1. The molecule has 6 fully saturated rings. The van der Waals surface area contributed by atoms with Crippen molar-refractivity contribution in [2.45, 2.75) is 223 Å². The van der Waals surface area contributed by atoms with E-state index in [1.54, 1.807) is 24.3 Å². The highest BCUT2D eigenvalue weighted by Gasteiger charge is 2.61. The predicted octanol–water partition coefficient (Wildman–Crippen LogP) is 20.3. The van der Waals surface area contributed by atoms with Gasteiger partial charge in [-0.15, -0.1) is 0 Å². The van der Waals surface area contributed by atoms with Gasteiger partial charge in [-0.25, -0.2) is 9.59 Å². The number of ketones is 1. The lowest BCUT2D eigenvalue weighted by Crippen LogP contribution is -2.51. The highest BCUT2D eigenvalue weighted by molar-refractivity contribution is 6.23.